The first-order valence-corrected chi connectivity index (χ1v) is 7.56. The number of nitrogens with one attached hydrogen (secondary N) is 2. The van der Waals surface area contributed by atoms with Crippen molar-refractivity contribution in [1.82, 2.24) is 10.0 Å². The second kappa shape index (κ2) is 7.22. The van der Waals surface area contributed by atoms with Crippen LogP contribution in [0.1, 0.15) is 23.7 Å². The van der Waals surface area contributed by atoms with Gasteiger partial charge in [-0.15, -0.1) is 0 Å². The molecule has 4 N–H and O–H groups in total. The Morgan fingerprint density at radius 2 is 1.84 bits per heavy atom. The van der Waals surface area contributed by atoms with Crippen LogP contribution >= 0.6 is 0 Å². The maximum absolute atomic E-state index is 11.9. The first-order valence-electron chi connectivity index (χ1n) is 6.07. The molecule has 0 saturated carbocycles. The molecule has 19 heavy (non-hydrogen) atoms. The van der Waals surface area contributed by atoms with Gasteiger partial charge in [0.15, 0.2) is 0 Å². The Morgan fingerprint density at radius 1 is 1.21 bits per heavy atom. The fourth-order valence-electron chi connectivity index (χ4n) is 1.48. The molecule has 0 heterocycles. The van der Waals surface area contributed by atoms with Crippen LogP contribution in [0.4, 0.5) is 0 Å². The molecule has 7 heteroatoms. The highest BCUT2D eigenvalue weighted by atomic mass is 32.2. The van der Waals surface area contributed by atoms with Crippen LogP contribution in [-0.2, 0) is 10.0 Å². The number of amides is 1. The molecular weight excluding hydrogens is 266 g/mol. The minimum absolute atomic E-state index is 0.126. The van der Waals surface area contributed by atoms with Crippen molar-refractivity contribution in [3.63, 3.8) is 0 Å². The summed E-state index contributed by atoms with van der Waals surface area (Å²) in [4.78, 5) is 11.0. The van der Waals surface area contributed by atoms with Crippen molar-refractivity contribution in [2.75, 3.05) is 19.6 Å². The van der Waals surface area contributed by atoms with Crippen molar-refractivity contribution < 1.29 is 13.2 Å². The maximum atomic E-state index is 11.9. The van der Waals surface area contributed by atoms with Crippen LogP contribution in [0.15, 0.2) is 29.2 Å². The van der Waals surface area contributed by atoms with Crippen molar-refractivity contribution in [1.29, 1.82) is 0 Å². The molecule has 0 fully saturated rings. The average Bonchev–Trinajstić information content (AvgIpc) is 2.38. The third-order valence-electron chi connectivity index (χ3n) is 2.52. The van der Waals surface area contributed by atoms with Crippen LogP contribution in [0.2, 0.25) is 0 Å². The van der Waals surface area contributed by atoms with Crippen molar-refractivity contribution in [3.05, 3.63) is 29.8 Å². The van der Waals surface area contributed by atoms with Crippen LogP contribution in [0, 0.1) is 0 Å². The van der Waals surface area contributed by atoms with E-state index in [1.54, 1.807) is 0 Å². The molecule has 0 spiro atoms. The van der Waals surface area contributed by atoms with Gasteiger partial charge in [0.05, 0.1) is 4.90 Å². The summed E-state index contributed by atoms with van der Waals surface area (Å²) in [5.74, 6) is -0.581. The summed E-state index contributed by atoms with van der Waals surface area (Å²) in [6.07, 6.45) is 0.715. The van der Waals surface area contributed by atoms with E-state index in [9.17, 15) is 13.2 Å². The minimum atomic E-state index is -3.52. The first kappa shape index (κ1) is 15.6. The molecule has 0 aliphatic rings. The lowest BCUT2D eigenvalue weighted by molar-refractivity contribution is 0.1000. The topological polar surface area (TPSA) is 101 Å². The van der Waals surface area contributed by atoms with E-state index in [4.69, 9.17) is 5.73 Å². The Labute approximate surface area is 113 Å². The van der Waals surface area contributed by atoms with Crippen LogP contribution in [-0.4, -0.2) is 34.0 Å². The van der Waals surface area contributed by atoms with E-state index in [0.717, 1.165) is 13.1 Å². The van der Waals surface area contributed by atoms with Gasteiger partial charge in [-0.3, -0.25) is 4.79 Å². The number of primary amides is 1. The van der Waals surface area contributed by atoms with E-state index >= 15 is 0 Å². The van der Waals surface area contributed by atoms with E-state index in [2.05, 4.69) is 10.0 Å². The predicted octanol–water partition coefficient (Wildman–Crippen LogP) is 0.0634. The molecule has 6 nitrogen and oxygen atoms in total. The van der Waals surface area contributed by atoms with Gasteiger partial charge in [0, 0.05) is 12.1 Å². The van der Waals surface area contributed by atoms with E-state index in [1.807, 2.05) is 6.92 Å². The molecule has 0 saturated heterocycles. The molecule has 0 aliphatic heterocycles. The van der Waals surface area contributed by atoms with E-state index in [-0.39, 0.29) is 10.5 Å². The highest BCUT2D eigenvalue weighted by molar-refractivity contribution is 7.89. The van der Waals surface area contributed by atoms with Crippen molar-refractivity contribution in [2.45, 2.75) is 18.2 Å². The van der Waals surface area contributed by atoms with Gasteiger partial charge in [-0.25, -0.2) is 13.1 Å². The molecule has 1 aromatic rings. The lowest BCUT2D eigenvalue weighted by Crippen LogP contribution is -2.27. The Kier molecular flexibility index (Phi) is 5.94. The molecule has 1 rings (SSSR count). The first-order chi connectivity index (χ1) is 8.97. The van der Waals surface area contributed by atoms with Gasteiger partial charge in [0.25, 0.3) is 0 Å². The lowest BCUT2D eigenvalue weighted by atomic mass is 10.2. The van der Waals surface area contributed by atoms with Gasteiger partial charge in [0.1, 0.15) is 0 Å². The number of benzene rings is 1. The normalized spacial score (nSPS) is 11.4. The summed E-state index contributed by atoms with van der Waals surface area (Å²) >= 11 is 0. The van der Waals surface area contributed by atoms with Gasteiger partial charge < -0.3 is 11.1 Å². The molecule has 0 bridgehead atoms. The number of sulfonamides is 1. The Balaban J connectivity index is 2.59. The van der Waals surface area contributed by atoms with Crippen molar-refractivity contribution in [2.24, 2.45) is 5.73 Å². The Morgan fingerprint density at radius 3 is 2.37 bits per heavy atom. The van der Waals surface area contributed by atoms with Gasteiger partial charge in [-0.2, -0.15) is 0 Å². The second-order valence-corrected chi connectivity index (χ2v) is 5.76. The zero-order valence-electron chi connectivity index (χ0n) is 10.8. The number of rotatable bonds is 8. The smallest absolute Gasteiger partial charge is 0.248 e. The fourth-order valence-corrected chi connectivity index (χ4v) is 2.55. The van der Waals surface area contributed by atoms with Gasteiger partial charge in [-0.1, -0.05) is 6.92 Å². The van der Waals surface area contributed by atoms with E-state index in [1.165, 1.54) is 24.3 Å². The Hall–Kier alpha value is -1.44. The zero-order valence-corrected chi connectivity index (χ0v) is 11.7. The summed E-state index contributed by atoms with van der Waals surface area (Å²) in [6.45, 7) is 3.98. The van der Waals surface area contributed by atoms with Crippen LogP contribution in [0.3, 0.4) is 0 Å². The number of carbonyl (C=O) groups is 1. The summed E-state index contributed by atoms with van der Waals surface area (Å²) in [7, 11) is -3.52. The number of nitrogens with two attached hydrogens (primary N) is 1. The third kappa shape index (κ3) is 4.98. The molecule has 0 aromatic heterocycles. The predicted molar refractivity (Wildman–Crippen MR) is 73.3 cm³/mol. The molecule has 0 atom stereocenters. The molecular formula is C12H19N3O3S. The lowest BCUT2D eigenvalue weighted by Gasteiger charge is -2.07. The van der Waals surface area contributed by atoms with Gasteiger partial charge >= 0.3 is 0 Å². The minimum Gasteiger partial charge on any atom is -0.366 e. The largest absolute Gasteiger partial charge is 0.366 e. The van der Waals surface area contributed by atoms with Crippen molar-refractivity contribution >= 4 is 15.9 Å². The SMILES string of the molecule is CCNCCCNS(=O)(=O)c1ccc(C(N)=O)cc1. The molecule has 1 aromatic carbocycles. The summed E-state index contributed by atoms with van der Waals surface area (Å²) in [5, 5.41) is 3.11. The number of hydrogen-bond acceptors (Lipinski definition) is 4. The van der Waals surface area contributed by atoms with E-state index < -0.39 is 15.9 Å². The molecule has 0 unspecified atom stereocenters. The summed E-state index contributed by atoms with van der Waals surface area (Å²) < 4.78 is 26.3. The highest BCUT2D eigenvalue weighted by Crippen LogP contribution is 2.10. The standard InChI is InChI=1S/C12H19N3O3S/c1-2-14-8-3-9-15-19(17,18)11-6-4-10(5-7-11)12(13)16/h4-7,14-15H,2-3,8-9H2,1H3,(H2,13,16). The van der Waals surface area contributed by atoms with Crippen LogP contribution in [0.25, 0.3) is 0 Å². The number of carbonyl (C=O) groups excluding carboxylic acids is 1. The summed E-state index contributed by atoms with van der Waals surface area (Å²) in [6, 6.07) is 5.53. The van der Waals surface area contributed by atoms with Crippen molar-refractivity contribution in [3.8, 4) is 0 Å². The quantitative estimate of drug-likeness (QED) is 0.588. The molecule has 106 valence electrons. The third-order valence-corrected chi connectivity index (χ3v) is 4.00. The number of hydrogen-bond donors (Lipinski definition) is 3. The zero-order chi connectivity index (χ0) is 14.3. The average molecular weight is 285 g/mol. The van der Waals surface area contributed by atoms with Crippen LogP contribution < -0.4 is 15.8 Å². The Bertz CT molecular complexity index is 512. The van der Waals surface area contributed by atoms with Crippen LogP contribution in [0.5, 0.6) is 0 Å². The molecule has 0 aliphatic carbocycles. The molecule has 1 amide bonds. The van der Waals surface area contributed by atoms with Gasteiger partial charge in [-0.05, 0) is 43.8 Å². The fraction of sp³-hybridized carbons (Fsp3) is 0.417. The second-order valence-electron chi connectivity index (χ2n) is 3.99. The van der Waals surface area contributed by atoms with Gasteiger partial charge in [0.2, 0.25) is 15.9 Å². The summed E-state index contributed by atoms with van der Waals surface area (Å²) in [5.41, 5.74) is 5.37. The molecule has 0 radical (unpaired) electrons. The van der Waals surface area contributed by atoms with E-state index in [0.29, 0.717) is 13.0 Å². The highest BCUT2D eigenvalue weighted by Gasteiger charge is 2.13. The maximum Gasteiger partial charge on any atom is 0.248 e. The monoisotopic (exact) mass is 285 g/mol.